The second-order valence-corrected chi connectivity index (χ2v) is 9.00. The lowest BCUT2D eigenvalue weighted by atomic mass is 10.4. The van der Waals surface area contributed by atoms with Gasteiger partial charge in [-0.1, -0.05) is 11.6 Å². The van der Waals surface area contributed by atoms with Gasteiger partial charge in [0.2, 0.25) is 0 Å². The number of hydrogen-bond donors (Lipinski definition) is 0. The lowest BCUT2D eigenvalue weighted by Crippen LogP contribution is -2.34. The maximum Gasteiger partial charge on any atom is 0.300 e. The van der Waals surface area contributed by atoms with Crippen LogP contribution in [0.1, 0.15) is 25.7 Å². The van der Waals surface area contributed by atoms with Crippen LogP contribution >= 0.6 is 22.9 Å². The molecular formula is C11H13ClN2O4S2. The van der Waals surface area contributed by atoms with E-state index in [4.69, 9.17) is 11.6 Å². The van der Waals surface area contributed by atoms with E-state index in [0.29, 0.717) is 12.5 Å². The molecule has 0 spiro atoms. The highest BCUT2D eigenvalue weighted by molar-refractivity contribution is 7.91. The molecule has 2 aliphatic carbocycles. The third-order valence-electron chi connectivity index (χ3n) is 3.50. The summed E-state index contributed by atoms with van der Waals surface area (Å²) in [6.07, 6.45) is 3.86. The number of rotatable bonds is 6. The molecule has 0 amide bonds. The quantitative estimate of drug-likeness (QED) is 0.591. The topological polar surface area (TPSA) is 80.5 Å². The second-order valence-electron chi connectivity index (χ2n) is 5.23. The normalized spacial score (nSPS) is 19.5. The van der Waals surface area contributed by atoms with Crippen LogP contribution in [0, 0.1) is 16.0 Å². The molecule has 110 valence electrons. The molecule has 0 aliphatic heterocycles. The van der Waals surface area contributed by atoms with Crippen LogP contribution in [-0.2, 0) is 10.0 Å². The van der Waals surface area contributed by atoms with Crippen molar-refractivity contribution in [1.29, 1.82) is 0 Å². The van der Waals surface area contributed by atoms with Crippen LogP contribution in [0.3, 0.4) is 0 Å². The minimum absolute atomic E-state index is 0.0262. The molecule has 0 unspecified atom stereocenters. The molecule has 2 fully saturated rings. The average Bonchev–Trinajstić information content (AvgIpc) is 3.25. The Balaban J connectivity index is 1.92. The van der Waals surface area contributed by atoms with Crippen molar-refractivity contribution >= 4 is 38.6 Å². The standard InChI is InChI=1S/C11H13ClN2O4S2/c12-11-9(14(15)16)5-10(19-11)20(17,18)13(8-3-4-8)6-7-1-2-7/h5,7-8H,1-4,6H2. The summed E-state index contributed by atoms with van der Waals surface area (Å²) in [5.74, 6) is 0.441. The third-order valence-corrected chi connectivity index (χ3v) is 7.20. The maximum atomic E-state index is 12.6. The summed E-state index contributed by atoms with van der Waals surface area (Å²) in [5.41, 5.74) is -0.336. The Kier molecular flexibility index (Phi) is 3.52. The second kappa shape index (κ2) is 4.94. The zero-order chi connectivity index (χ0) is 14.5. The minimum Gasteiger partial charge on any atom is -0.258 e. The summed E-state index contributed by atoms with van der Waals surface area (Å²) in [5, 5.41) is 10.8. The first kappa shape index (κ1) is 14.2. The number of hydrogen-bond acceptors (Lipinski definition) is 5. The molecule has 6 nitrogen and oxygen atoms in total. The van der Waals surface area contributed by atoms with Gasteiger partial charge in [0.15, 0.2) is 4.34 Å². The number of sulfonamides is 1. The molecule has 20 heavy (non-hydrogen) atoms. The van der Waals surface area contributed by atoms with Crippen molar-refractivity contribution in [2.45, 2.75) is 35.9 Å². The summed E-state index contributed by atoms with van der Waals surface area (Å²) in [6, 6.07) is 1.13. The van der Waals surface area contributed by atoms with Crippen LogP contribution in [0.5, 0.6) is 0 Å². The van der Waals surface area contributed by atoms with Gasteiger partial charge in [0.25, 0.3) is 15.7 Å². The van der Waals surface area contributed by atoms with E-state index in [2.05, 4.69) is 0 Å². The van der Waals surface area contributed by atoms with Gasteiger partial charge in [0.1, 0.15) is 4.21 Å². The summed E-state index contributed by atoms with van der Waals surface area (Å²) in [4.78, 5) is 10.1. The molecule has 0 N–H and O–H groups in total. The van der Waals surface area contributed by atoms with Crippen LogP contribution in [0.15, 0.2) is 10.3 Å². The van der Waals surface area contributed by atoms with E-state index in [1.165, 1.54) is 4.31 Å². The van der Waals surface area contributed by atoms with Crippen LogP contribution in [0.2, 0.25) is 4.34 Å². The number of nitrogens with zero attached hydrogens (tertiary/aromatic N) is 2. The van der Waals surface area contributed by atoms with Crippen LogP contribution in [-0.4, -0.2) is 30.2 Å². The lowest BCUT2D eigenvalue weighted by Gasteiger charge is -2.20. The Morgan fingerprint density at radius 3 is 2.50 bits per heavy atom. The Bertz CT molecular complexity index is 649. The van der Waals surface area contributed by atoms with Crippen molar-refractivity contribution in [2.75, 3.05) is 6.54 Å². The molecule has 1 heterocycles. The molecule has 2 aliphatic rings. The van der Waals surface area contributed by atoms with Crippen molar-refractivity contribution < 1.29 is 13.3 Å². The molecule has 0 radical (unpaired) electrons. The Hall–Kier alpha value is -0.700. The molecule has 0 saturated heterocycles. The largest absolute Gasteiger partial charge is 0.300 e. The van der Waals surface area contributed by atoms with E-state index >= 15 is 0 Å². The molecule has 2 saturated carbocycles. The summed E-state index contributed by atoms with van der Waals surface area (Å²) in [7, 11) is -3.67. The Morgan fingerprint density at radius 1 is 1.40 bits per heavy atom. The van der Waals surface area contributed by atoms with Crippen molar-refractivity contribution in [1.82, 2.24) is 4.31 Å². The fraction of sp³-hybridized carbons (Fsp3) is 0.636. The van der Waals surface area contributed by atoms with Crippen LogP contribution in [0.25, 0.3) is 0 Å². The molecule has 0 aromatic carbocycles. The molecule has 1 aromatic rings. The highest BCUT2D eigenvalue weighted by atomic mass is 35.5. The molecule has 3 rings (SSSR count). The zero-order valence-electron chi connectivity index (χ0n) is 10.5. The van der Waals surface area contributed by atoms with Crippen molar-refractivity contribution in [3.8, 4) is 0 Å². The van der Waals surface area contributed by atoms with Crippen LogP contribution in [0.4, 0.5) is 5.69 Å². The molecule has 9 heteroatoms. The van der Waals surface area contributed by atoms with Crippen LogP contribution < -0.4 is 0 Å². The maximum absolute atomic E-state index is 12.6. The van der Waals surface area contributed by atoms with Crippen molar-refractivity contribution in [3.05, 3.63) is 20.5 Å². The minimum atomic E-state index is -3.67. The highest BCUT2D eigenvalue weighted by Gasteiger charge is 2.42. The Morgan fingerprint density at radius 2 is 2.05 bits per heavy atom. The van der Waals surface area contributed by atoms with Gasteiger partial charge in [0.05, 0.1) is 4.92 Å². The zero-order valence-corrected chi connectivity index (χ0v) is 12.9. The summed E-state index contributed by atoms with van der Waals surface area (Å²) < 4.78 is 26.6. The molecular weight excluding hydrogens is 324 g/mol. The van der Waals surface area contributed by atoms with E-state index in [-0.39, 0.29) is 20.3 Å². The predicted molar refractivity (Wildman–Crippen MR) is 75.6 cm³/mol. The summed E-state index contributed by atoms with van der Waals surface area (Å²) in [6.45, 7) is 0.524. The van der Waals surface area contributed by atoms with Gasteiger partial charge in [-0.25, -0.2) is 8.42 Å². The first-order chi connectivity index (χ1) is 9.39. The van der Waals surface area contributed by atoms with Gasteiger partial charge >= 0.3 is 0 Å². The van der Waals surface area contributed by atoms with Gasteiger partial charge in [-0.15, -0.1) is 11.3 Å². The molecule has 0 bridgehead atoms. The van der Waals surface area contributed by atoms with Gasteiger partial charge in [0, 0.05) is 18.7 Å². The Labute approximate surface area is 125 Å². The molecule has 1 aromatic heterocycles. The van der Waals surface area contributed by atoms with Gasteiger partial charge in [-0.3, -0.25) is 10.1 Å². The SMILES string of the molecule is O=[N+]([O-])c1cc(S(=O)(=O)N(CC2CC2)C2CC2)sc1Cl. The fourth-order valence-electron chi connectivity index (χ4n) is 2.07. The number of halogens is 1. The van der Waals surface area contributed by atoms with E-state index < -0.39 is 14.9 Å². The van der Waals surface area contributed by atoms with E-state index in [1.54, 1.807) is 0 Å². The number of thiophene rings is 1. The first-order valence-corrected chi connectivity index (χ1v) is 8.98. The van der Waals surface area contributed by atoms with E-state index in [1.807, 2.05) is 0 Å². The lowest BCUT2D eigenvalue weighted by molar-refractivity contribution is -0.384. The van der Waals surface area contributed by atoms with Gasteiger partial charge < -0.3 is 0 Å². The third kappa shape index (κ3) is 2.69. The van der Waals surface area contributed by atoms with Crippen molar-refractivity contribution in [2.24, 2.45) is 5.92 Å². The van der Waals surface area contributed by atoms with E-state index in [0.717, 1.165) is 43.1 Å². The monoisotopic (exact) mass is 336 g/mol. The predicted octanol–water partition coefficient (Wildman–Crippen LogP) is 2.87. The summed E-state index contributed by atoms with van der Waals surface area (Å²) >= 11 is 6.52. The molecule has 0 atom stereocenters. The van der Waals surface area contributed by atoms with Gasteiger partial charge in [-0.2, -0.15) is 4.31 Å². The van der Waals surface area contributed by atoms with E-state index in [9.17, 15) is 18.5 Å². The number of nitro groups is 1. The first-order valence-electron chi connectivity index (χ1n) is 6.35. The smallest absolute Gasteiger partial charge is 0.258 e. The van der Waals surface area contributed by atoms with Gasteiger partial charge in [-0.05, 0) is 31.6 Å². The van der Waals surface area contributed by atoms with Crippen molar-refractivity contribution in [3.63, 3.8) is 0 Å². The fourth-order valence-corrected chi connectivity index (χ4v) is 5.62. The average molecular weight is 337 g/mol. The highest BCUT2D eigenvalue weighted by Crippen LogP contribution is 2.42.